The molecule has 1 aromatic carbocycles. The van der Waals surface area contributed by atoms with Crippen molar-refractivity contribution in [2.75, 3.05) is 38.3 Å². The first-order valence-corrected chi connectivity index (χ1v) is 11.5. The van der Waals surface area contributed by atoms with E-state index in [2.05, 4.69) is 4.98 Å². The molecule has 2 aromatic rings. The lowest BCUT2D eigenvalue weighted by Crippen LogP contribution is -2.35. The van der Waals surface area contributed by atoms with Gasteiger partial charge < -0.3 is 14.4 Å². The van der Waals surface area contributed by atoms with Crippen molar-refractivity contribution >= 4 is 27.5 Å². The fourth-order valence-electron chi connectivity index (χ4n) is 2.69. The minimum atomic E-state index is -3.37. The molecule has 7 nitrogen and oxygen atoms in total. The molecule has 0 unspecified atom stereocenters. The third-order valence-electron chi connectivity index (χ3n) is 4.16. The van der Waals surface area contributed by atoms with Crippen molar-refractivity contribution in [3.8, 4) is 0 Å². The van der Waals surface area contributed by atoms with Crippen LogP contribution in [-0.4, -0.2) is 68.8 Å². The van der Waals surface area contributed by atoms with E-state index in [9.17, 15) is 13.2 Å². The minimum absolute atomic E-state index is 0.0362. The fraction of sp³-hybridized carbons (Fsp3) is 0.368. The van der Waals surface area contributed by atoms with Gasteiger partial charge >= 0.3 is 0 Å². The van der Waals surface area contributed by atoms with Crippen molar-refractivity contribution < 1.29 is 22.7 Å². The molecule has 1 fully saturated rings. The Hall–Kier alpha value is -1.94. The summed E-state index contributed by atoms with van der Waals surface area (Å²) in [6, 6.07) is 11.7. The maximum atomic E-state index is 12.8. The lowest BCUT2D eigenvalue weighted by molar-refractivity contribution is -0.0543. The van der Waals surface area contributed by atoms with E-state index in [4.69, 9.17) is 9.47 Å². The summed E-state index contributed by atoms with van der Waals surface area (Å²) in [6.07, 6.45) is 1.17. The molecule has 3 rings (SSSR count). The number of rotatable bonds is 8. The summed E-state index contributed by atoms with van der Waals surface area (Å²) in [7, 11) is -1.70. The lowest BCUT2D eigenvalue weighted by Gasteiger charge is -2.21. The van der Waals surface area contributed by atoms with E-state index in [0.29, 0.717) is 41.0 Å². The number of carbonyl (C=O) groups is 1. The topological polar surface area (TPSA) is 85.8 Å². The smallest absolute Gasteiger partial charge is 0.256 e. The number of hydrogen-bond donors (Lipinski definition) is 0. The van der Waals surface area contributed by atoms with Gasteiger partial charge in [-0.2, -0.15) is 0 Å². The lowest BCUT2D eigenvalue weighted by atomic mass is 10.2. The number of pyridine rings is 1. The van der Waals surface area contributed by atoms with Crippen molar-refractivity contribution in [2.45, 2.75) is 16.2 Å². The molecule has 2 heterocycles. The van der Waals surface area contributed by atoms with Crippen LogP contribution in [0, 0.1) is 0 Å². The number of thioether (sulfide) groups is 1. The predicted molar refractivity (Wildman–Crippen MR) is 106 cm³/mol. The highest BCUT2D eigenvalue weighted by Crippen LogP contribution is 2.23. The Morgan fingerprint density at radius 1 is 1.18 bits per heavy atom. The monoisotopic (exact) mass is 422 g/mol. The Balaban J connectivity index is 1.62. The Morgan fingerprint density at radius 2 is 1.89 bits per heavy atom. The molecule has 0 radical (unpaired) electrons. The van der Waals surface area contributed by atoms with Gasteiger partial charge in [-0.15, -0.1) is 11.8 Å². The Morgan fingerprint density at radius 3 is 2.61 bits per heavy atom. The van der Waals surface area contributed by atoms with E-state index in [-0.39, 0.29) is 11.7 Å². The standard InChI is InChI=1S/C19H22N2O5S2/c1-21(14-17-25-10-11-26-17)19(22)16-8-5-9-20-18(16)27-12-13-28(23,24)15-6-3-2-4-7-15/h2-9,17H,10-14H2,1H3. The molecule has 0 atom stereocenters. The molecule has 0 bridgehead atoms. The number of aromatic nitrogens is 1. The average molecular weight is 423 g/mol. The molecular weight excluding hydrogens is 400 g/mol. The van der Waals surface area contributed by atoms with Crippen LogP contribution in [0.1, 0.15) is 10.4 Å². The van der Waals surface area contributed by atoms with Gasteiger partial charge in [0.25, 0.3) is 5.91 Å². The number of likely N-dealkylation sites (N-methyl/N-ethyl adjacent to an activating group) is 1. The van der Waals surface area contributed by atoms with Gasteiger partial charge in [-0.3, -0.25) is 4.79 Å². The van der Waals surface area contributed by atoms with Gasteiger partial charge in [0.1, 0.15) is 5.03 Å². The van der Waals surface area contributed by atoms with Gasteiger partial charge in [-0.1, -0.05) is 18.2 Å². The van der Waals surface area contributed by atoms with Gasteiger partial charge in [0.05, 0.1) is 36.0 Å². The number of hydrogen-bond acceptors (Lipinski definition) is 7. The molecular formula is C19H22N2O5S2. The van der Waals surface area contributed by atoms with E-state index in [1.54, 1.807) is 55.7 Å². The third-order valence-corrected chi connectivity index (χ3v) is 7.15. The molecule has 1 saturated heterocycles. The zero-order valence-corrected chi connectivity index (χ0v) is 17.1. The second kappa shape index (κ2) is 9.51. The van der Waals surface area contributed by atoms with Gasteiger partial charge in [-0.05, 0) is 24.3 Å². The highest BCUT2D eigenvalue weighted by Gasteiger charge is 2.23. The zero-order valence-electron chi connectivity index (χ0n) is 15.5. The van der Waals surface area contributed by atoms with Crippen LogP contribution >= 0.6 is 11.8 Å². The van der Waals surface area contributed by atoms with Gasteiger partial charge in [0.15, 0.2) is 16.1 Å². The van der Waals surface area contributed by atoms with Crippen LogP contribution in [0.15, 0.2) is 58.6 Å². The average Bonchev–Trinajstić information content (AvgIpc) is 3.21. The summed E-state index contributed by atoms with van der Waals surface area (Å²) in [5, 5.41) is 0.510. The second-order valence-corrected chi connectivity index (χ2v) is 9.39. The maximum absolute atomic E-state index is 12.8. The molecule has 1 aliphatic rings. The van der Waals surface area contributed by atoms with Gasteiger partial charge in [0.2, 0.25) is 0 Å². The molecule has 1 aliphatic heterocycles. The minimum Gasteiger partial charge on any atom is -0.348 e. The van der Waals surface area contributed by atoms with E-state index in [1.807, 2.05) is 0 Å². The summed E-state index contributed by atoms with van der Waals surface area (Å²) in [5.41, 5.74) is 0.435. The SMILES string of the molecule is CN(CC1OCCO1)C(=O)c1cccnc1SCCS(=O)(=O)c1ccccc1. The highest BCUT2D eigenvalue weighted by atomic mass is 32.2. The normalized spacial score (nSPS) is 14.9. The number of nitrogens with zero attached hydrogens (tertiary/aromatic N) is 2. The molecule has 9 heteroatoms. The Kier molecular flexibility index (Phi) is 7.06. The van der Waals surface area contributed by atoms with Crippen LogP contribution in [0.25, 0.3) is 0 Å². The van der Waals surface area contributed by atoms with E-state index in [1.165, 1.54) is 16.7 Å². The molecule has 1 amide bonds. The number of sulfone groups is 1. The zero-order chi connectivity index (χ0) is 20.0. The van der Waals surface area contributed by atoms with Crippen LogP contribution in [0.5, 0.6) is 0 Å². The number of carbonyl (C=O) groups excluding carboxylic acids is 1. The van der Waals surface area contributed by atoms with Gasteiger partial charge in [-0.25, -0.2) is 13.4 Å². The number of benzene rings is 1. The van der Waals surface area contributed by atoms with Crippen LogP contribution < -0.4 is 0 Å². The van der Waals surface area contributed by atoms with Crippen molar-refractivity contribution in [3.05, 3.63) is 54.2 Å². The first-order chi connectivity index (χ1) is 13.5. The molecule has 0 aliphatic carbocycles. The molecule has 150 valence electrons. The van der Waals surface area contributed by atoms with Crippen LogP contribution in [0.4, 0.5) is 0 Å². The molecule has 28 heavy (non-hydrogen) atoms. The summed E-state index contributed by atoms with van der Waals surface area (Å²) in [5.74, 6) is 0.0547. The Labute approximate surface area is 169 Å². The first kappa shape index (κ1) is 20.8. The summed E-state index contributed by atoms with van der Waals surface area (Å²) in [6.45, 7) is 1.37. The molecule has 0 spiro atoms. The van der Waals surface area contributed by atoms with Crippen molar-refractivity contribution in [1.29, 1.82) is 0 Å². The van der Waals surface area contributed by atoms with Crippen molar-refractivity contribution in [2.24, 2.45) is 0 Å². The highest BCUT2D eigenvalue weighted by molar-refractivity contribution is 8.00. The summed E-state index contributed by atoms with van der Waals surface area (Å²) in [4.78, 5) is 18.9. The largest absolute Gasteiger partial charge is 0.348 e. The molecule has 0 saturated carbocycles. The van der Waals surface area contributed by atoms with Crippen LogP contribution in [0.3, 0.4) is 0 Å². The van der Waals surface area contributed by atoms with Crippen molar-refractivity contribution in [3.63, 3.8) is 0 Å². The third kappa shape index (κ3) is 5.32. The van der Waals surface area contributed by atoms with E-state index >= 15 is 0 Å². The predicted octanol–water partition coefficient (Wildman–Crippen LogP) is 2.09. The van der Waals surface area contributed by atoms with E-state index in [0.717, 1.165) is 0 Å². The molecule has 0 N–H and O–H groups in total. The number of ether oxygens (including phenoxy) is 2. The second-order valence-electron chi connectivity index (χ2n) is 6.19. The Bertz CT molecular complexity index is 900. The van der Waals surface area contributed by atoms with Crippen LogP contribution in [-0.2, 0) is 19.3 Å². The number of amides is 1. The first-order valence-electron chi connectivity index (χ1n) is 8.81. The molecule has 1 aromatic heterocycles. The van der Waals surface area contributed by atoms with Crippen molar-refractivity contribution in [1.82, 2.24) is 9.88 Å². The fourth-order valence-corrected chi connectivity index (χ4v) is 5.35. The summed E-state index contributed by atoms with van der Waals surface area (Å²) < 4.78 is 35.6. The van der Waals surface area contributed by atoms with Gasteiger partial charge in [0, 0.05) is 19.0 Å². The van der Waals surface area contributed by atoms with Crippen LogP contribution in [0.2, 0.25) is 0 Å². The van der Waals surface area contributed by atoms with E-state index < -0.39 is 16.1 Å². The summed E-state index contributed by atoms with van der Waals surface area (Å²) >= 11 is 1.26. The maximum Gasteiger partial charge on any atom is 0.256 e. The quantitative estimate of drug-likeness (QED) is 0.602.